The van der Waals surface area contributed by atoms with Crippen LogP contribution >= 0.6 is 11.6 Å². The maximum Gasteiger partial charge on any atom is 0.404 e. The fourth-order valence-corrected chi connectivity index (χ4v) is 1.99. The molecule has 0 spiro atoms. The SMILES string of the molecule is N#Cc1cc(CCN(CCNC(=O)O)C(=O)CCl)ccc1F. The van der Waals surface area contributed by atoms with Crippen molar-refractivity contribution in [3.63, 3.8) is 0 Å². The first-order valence-electron chi connectivity index (χ1n) is 6.47. The number of alkyl halides is 1. The van der Waals surface area contributed by atoms with Crippen molar-refractivity contribution in [3.8, 4) is 6.07 Å². The smallest absolute Gasteiger partial charge is 0.404 e. The molecule has 0 heterocycles. The van der Waals surface area contributed by atoms with Crippen molar-refractivity contribution in [1.82, 2.24) is 10.2 Å². The number of hydrogen-bond acceptors (Lipinski definition) is 3. The molecule has 0 unspecified atom stereocenters. The van der Waals surface area contributed by atoms with Crippen LogP contribution in [0.2, 0.25) is 0 Å². The highest BCUT2D eigenvalue weighted by molar-refractivity contribution is 6.27. The number of nitriles is 1. The van der Waals surface area contributed by atoms with Gasteiger partial charge in [0.05, 0.1) is 5.56 Å². The quantitative estimate of drug-likeness (QED) is 0.743. The molecule has 1 rings (SSSR count). The predicted molar refractivity (Wildman–Crippen MR) is 78.1 cm³/mol. The van der Waals surface area contributed by atoms with Crippen LogP contribution in [0.5, 0.6) is 0 Å². The third-order valence-corrected chi connectivity index (χ3v) is 3.18. The van der Waals surface area contributed by atoms with Gasteiger partial charge >= 0.3 is 6.09 Å². The van der Waals surface area contributed by atoms with E-state index in [9.17, 15) is 14.0 Å². The summed E-state index contributed by atoms with van der Waals surface area (Å²) in [5.74, 6) is -1.12. The molecule has 0 aliphatic carbocycles. The van der Waals surface area contributed by atoms with Gasteiger partial charge in [-0.05, 0) is 24.1 Å². The summed E-state index contributed by atoms with van der Waals surface area (Å²) < 4.78 is 13.2. The number of nitrogens with zero attached hydrogens (tertiary/aromatic N) is 2. The van der Waals surface area contributed by atoms with Gasteiger partial charge in [0, 0.05) is 19.6 Å². The molecule has 8 heteroatoms. The largest absolute Gasteiger partial charge is 0.465 e. The summed E-state index contributed by atoms with van der Waals surface area (Å²) in [5.41, 5.74) is 0.650. The highest BCUT2D eigenvalue weighted by atomic mass is 35.5. The zero-order chi connectivity index (χ0) is 16.5. The van der Waals surface area contributed by atoms with Crippen LogP contribution in [0, 0.1) is 17.1 Å². The number of nitrogens with one attached hydrogen (secondary N) is 1. The molecule has 2 N–H and O–H groups in total. The van der Waals surface area contributed by atoms with Crippen LogP contribution in [0.25, 0.3) is 0 Å². The van der Waals surface area contributed by atoms with Gasteiger partial charge in [0.1, 0.15) is 17.8 Å². The zero-order valence-corrected chi connectivity index (χ0v) is 12.4. The Morgan fingerprint density at radius 1 is 1.41 bits per heavy atom. The minimum absolute atomic E-state index is 0.0553. The summed E-state index contributed by atoms with van der Waals surface area (Å²) in [7, 11) is 0. The van der Waals surface area contributed by atoms with Crippen LogP contribution in [0.3, 0.4) is 0 Å². The van der Waals surface area contributed by atoms with Crippen molar-refractivity contribution in [1.29, 1.82) is 5.26 Å². The number of amides is 2. The molecule has 0 aliphatic rings. The lowest BCUT2D eigenvalue weighted by molar-refractivity contribution is -0.128. The molecule has 0 atom stereocenters. The van der Waals surface area contributed by atoms with Crippen molar-refractivity contribution in [3.05, 3.63) is 35.1 Å². The Hall–Kier alpha value is -2.33. The van der Waals surface area contributed by atoms with Crippen molar-refractivity contribution >= 4 is 23.6 Å². The first kappa shape index (κ1) is 17.7. The van der Waals surface area contributed by atoms with Crippen molar-refractivity contribution in [2.24, 2.45) is 0 Å². The average Bonchev–Trinajstić information content (AvgIpc) is 2.50. The molecule has 0 saturated heterocycles. The molecule has 0 bridgehead atoms. The highest BCUT2D eigenvalue weighted by Gasteiger charge is 2.13. The van der Waals surface area contributed by atoms with E-state index in [1.807, 2.05) is 0 Å². The van der Waals surface area contributed by atoms with Crippen LogP contribution in [0.15, 0.2) is 18.2 Å². The van der Waals surface area contributed by atoms with E-state index in [0.717, 1.165) is 0 Å². The minimum Gasteiger partial charge on any atom is -0.465 e. The van der Waals surface area contributed by atoms with Crippen LogP contribution < -0.4 is 5.32 Å². The molecule has 0 fully saturated rings. The normalized spacial score (nSPS) is 9.86. The fourth-order valence-electron chi connectivity index (χ4n) is 1.82. The number of benzene rings is 1. The van der Waals surface area contributed by atoms with Gasteiger partial charge in [0.15, 0.2) is 0 Å². The van der Waals surface area contributed by atoms with Crippen LogP contribution in [-0.2, 0) is 11.2 Å². The molecule has 2 amide bonds. The van der Waals surface area contributed by atoms with E-state index >= 15 is 0 Å². The number of carboxylic acid groups (broad SMARTS) is 1. The molecule has 1 aromatic carbocycles. The minimum atomic E-state index is -1.17. The molecule has 118 valence electrons. The average molecular weight is 328 g/mol. The Bertz CT molecular complexity index is 589. The predicted octanol–water partition coefficient (Wildman–Crippen LogP) is 1.57. The second-order valence-electron chi connectivity index (χ2n) is 4.42. The first-order chi connectivity index (χ1) is 10.5. The van der Waals surface area contributed by atoms with E-state index in [0.29, 0.717) is 18.5 Å². The van der Waals surface area contributed by atoms with Gasteiger partial charge in [-0.3, -0.25) is 4.79 Å². The van der Waals surface area contributed by atoms with E-state index in [4.69, 9.17) is 22.0 Å². The van der Waals surface area contributed by atoms with Gasteiger partial charge in [0.25, 0.3) is 0 Å². The van der Waals surface area contributed by atoms with E-state index in [1.54, 1.807) is 6.07 Å². The Labute approximate surface area is 132 Å². The van der Waals surface area contributed by atoms with Gasteiger partial charge in [-0.2, -0.15) is 5.26 Å². The topological polar surface area (TPSA) is 93.4 Å². The van der Waals surface area contributed by atoms with E-state index in [-0.39, 0.29) is 30.4 Å². The number of hydrogen-bond donors (Lipinski definition) is 2. The standard InChI is InChI=1S/C14H15ClFN3O3/c15-8-13(20)19(6-4-18-14(21)22)5-3-10-1-2-12(16)11(7-10)9-17/h1-2,7,18H,3-6,8H2,(H,21,22). The molecular formula is C14H15ClFN3O3. The molecule has 6 nitrogen and oxygen atoms in total. The van der Waals surface area contributed by atoms with E-state index < -0.39 is 11.9 Å². The van der Waals surface area contributed by atoms with Gasteiger partial charge in [-0.25, -0.2) is 9.18 Å². The summed E-state index contributed by atoms with van der Waals surface area (Å²) in [6.45, 7) is 0.568. The van der Waals surface area contributed by atoms with Crippen LogP contribution in [-0.4, -0.2) is 47.5 Å². The van der Waals surface area contributed by atoms with Gasteiger partial charge in [-0.15, -0.1) is 11.6 Å². The second-order valence-corrected chi connectivity index (χ2v) is 4.69. The summed E-state index contributed by atoms with van der Waals surface area (Å²) in [4.78, 5) is 23.5. The third kappa shape index (κ3) is 5.58. The van der Waals surface area contributed by atoms with Gasteiger partial charge in [-0.1, -0.05) is 6.07 Å². The number of rotatable bonds is 7. The summed E-state index contributed by atoms with van der Waals surface area (Å²) in [6, 6.07) is 5.92. The Balaban J connectivity index is 2.64. The monoisotopic (exact) mass is 327 g/mol. The van der Waals surface area contributed by atoms with E-state index in [1.165, 1.54) is 23.1 Å². The Morgan fingerprint density at radius 2 is 2.14 bits per heavy atom. The molecule has 0 aromatic heterocycles. The van der Waals surface area contributed by atoms with Gasteiger partial charge < -0.3 is 15.3 Å². The lowest BCUT2D eigenvalue weighted by Gasteiger charge is -2.21. The number of halogens is 2. The van der Waals surface area contributed by atoms with Gasteiger partial charge in [0.2, 0.25) is 5.91 Å². The van der Waals surface area contributed by atoms with Crippen molar-refractivity contribution < 1.29 is 19.1 Å². The lowest BCUT2D eigenvalue weighted by Crippen LogP contribution is -2.40. The maximum atomic E-state index is 13.2. The highest BCUT2D eigenvalue weighted by Crippen LogP contribution is 2.10. The Morgan fingerprint density at radius 3 is 2.73 bits per heavy atom. The Kier molecular flexibility index (Phi) is 7.13. The summed E-state index contributed by atoms with van der Waals surface area (Å²) in [6.07, 6.45) is -0.763. The molecule has 1 aromatic rings. The fraction of sp³-hybridized carbons (Fsp3) is 0.357. The summed E-state index contributed by atoms with van der Waals surface area (Å²) in [5, 5.41) is 19.5. The maximum absolute atomic E-state index is 13.2. The number of carbonyl (C=O) groups is 2. The zero-order valence-electron chi connectivity index (χ0n) is 11.7. The lowest BCUT2D eigenvalue weighted by atomic mass is 10.1. The second kappa shape index (κ2) is 8.85. The molecule has 0 aliphatic heterocycles. The summed E-state index contributed by atoms with van der Waals surface area (Å²) >= 11 is 5.52. The molecule has 22 heavy (non-hydrogen) atoms. The molecule has 0 saturated carbocycles. The van der Waals surface area contributed by atoms with E-state index in [2.05, 4.69) is 5.32 Å². The number of carbonyl (C=O) groups excluding carboxylic acids is 1. The van der Waals surface area contributed by atoms with Crippen LogP contribution in [0.4, 0.5) is 9.18 Å². The van der Waals surface area contributed by atoms with Crippen molar-refractivity contribution in [2.75, 3.05) is 25.5 Å². The molecule has 0 radical (unpaired) electrons. The first-order valence-corrected chi connectivity index (χ1v) is 7.00. The molecular weight excluding hydrogens is 313 g/mol. The third-order valence-electron chi connectivity index (χ3n) is 2.95. The van der Waals surface area contributed by atoms with Crippen LogP contribution in [0.1, 0.15) is 11.1 Å². The van der Waals surface area contributed by atoms with Crippen molar-refractivity contribution in [2.45, 2.75) is 6.42 Å².